The molecular weight excluding hydrogens is 492 g/mol. The summed E-state index contributed by atoms with van der Waals surface area (Å²) in [6.07, 6.45) is 6.62. The van der Waals surface area contributed by atoms with E-state index in [1.165, 1.54) is 18.3 Å². The normalized spacial score (nSPS) is 17.8. The molecule has 3 aromatic rings. The molecule has 1 atom stereocenters. The number of carbonyl (C=O) groups excluding carboxylic acids is 1. The topological polar surface area (TPSA) is 87.5 Å². The van der Waals surface area contributed by atoms with Crippen LogP contribution in [0.4, 0.5) is 5.95 Å². The fourth-order valence-electron chi connectivity index (χ4n) is 5.30. The van der Waals surface area contributed by atoms with Gasteiger partial charge < -0.3 is 19.5 Å². The maximum Gasteiger partial charge on any atom is 0.338 e. The first-order chi connectivity index (χ1) is 18.7. The van der Waals surface area contributed by atoms with E-state index < -0.39 is 6.04 Å². The van der Waals surface area contributed by atoms with E-state index in [9.17, 15) is 4.79 Å². The highest BCUT2D eigenvalue weighted by atomic mass is 16.5. The third kappa shape index (κ3) is 5.79. The molecular formula is C31H38N4O4. The Bertz CT molecular complexity index is 1350. The van der Waals surface area contributed by atoms with Crippen LogP contribution >= 0.6 is 0 Å². The first-order valence-corrected chi connectivity index (χ1v) is 13.7. The highest BCUT2D eigenvalue weighted by Crippen LogP contribution is 2.39. The molecule has 5 rings (SSSR count). The molecule has 8 heteroatoms. The standard InChI is InChI=1S/C31H38N4O4/c1-20-27(29(36)39-24-9-7-6-8-10-24)28(35-30(34-20)32-19-33-35)22-13-16-25(26(17-22)37-5)38-18-21-11-14-23(15-12-21)31(2,3)4/h11-17,19,24,28H,6-10,18H2,1-5H3,(H,32,33,34). The summed E-state index contributed by atoms with van der Waals surface area (Å²) in [5.41, 5.74) is 4.52. The van der Waals surface area contributed by atoms with Gasteiger partial charge in [0, 0.05) is 5.70 Å². The molecule has 1 N–H and O–H groups in total. The second-order valence-corrected chi connectivity index (χ2v) is 11.4. The van der Waals surface area contributed by atoms with Crippen molar-refractivity contribution in [3.8, 4) is 11.5 Å². The molecule has 1 saturated carbocycles. The van der Waals surface area contributed by atoms with Crippen molar-refractivity contribution < 1.29 is 19.0 Å². The number of anilines is 1. The zero-order valence-electron chi connectivity index (χ0n) is 23.5. The van der Waals surface area contributed by atoms with Gasteiger partial charge in [-0.2, -0.15) is 10.1 Å². The van der Waals surface area contributed by atoms with Crippen LogP contribution in [0.5, 0.6) is 11.5 Å². The monoisotopic (exact) mass is 530 g/mol. The Morgan fingerprint density at radius 1 is 1.05 bits per heavy atom. The zero-order chi connectivity index (χ0) is 27.6. The van der Waals surface area contributed by atoms with E-state index in [-0.39, 0.29) is 17.5 Å². The van der Waals surface area contributed by atoms with E-state index in [4.69, 9.17) is 14.2 Å². The molecule has 39 heavy (non-hydrogen) atoms. The van der Waals surface area contributed by atoms with Crippen LogP contribution < -0.4 is 14.8 Å². The molecule has 2 aromatic carbocycles. The highest BCUT2D eigenvalue weighted by molar-refractivity contribution is 5.92. The van der Waals surface area contributed by atoms with Gasteiger partial charge in [-0.15, -0.1) is 0 Å². The Balaban J connectivity index is 1.40. The SMILES string of the molecule is COc1cc(C2C(C(=O)OC3CCCCC3)=C(C)Nc3ncnn32)ccc1OCc1ccc(C(C)(C)C)cc1. The minimum atomic E-state index is -0.507. The van der Waals surface area contributed by atoms with Crippen LogP contribution in [0.3, 0.4) is 0 Å². The molecule has 0 bridgehead atoms. The predicted molar refractivity (Wildman–Crippen MR) is 150 cm³/mol. The lowest BCUT2D eigenvalue weighted by Gasteiger charge is -2.30. The molecule has 1 aliphatic carbocycles. The lowest BCUT2D eigenvalue weighted by Crippen LogP contribution is -2.32. The van der Waals surface area contributed by atoms with Crippen LogP contribution in [0.15, 0.2) is 60.1 Å². The highest BCUT2D eigenvalue weighted by Gasteiger charge is 2.36. The molecule has 2 heterocycles. The third-order valence-electron chi connectivity index (χ3n) is 7.56. The summed E-state index contributed by atoms with van der Waals surface area (Å²) in [6.45, 7) is 8.90. The van der Waals surface area contributed by atoms with Crippen LogP contribution in [-0.4, -0.2) is 33.9 Å². The van der Waals surface area contributed by atoms with Gasteiger partial charge in [-0.3, -0.25) is 0 Å². The maximum absolute atomic E-state index is 13.5. The van der Waals surface area contributed by atoms with Crippen molar-refractivity contribution >= 4 is 11.9 Å². The maximum atomic E-state index is 13.5. The van der Waals surface area contributed by atoms with Crippen molar-refractivity contribution in [2.24, 2.45) is 0 Å². The average Bonchev–Trinajstić information content (AvgIpc) is 3.39. The van der Waals surface area contributed by atoms with Crippen molar-refractivity contribution in [3.05, 3.63) is 76.8 Å². The summed E-state index contributed by atoms with van der Waals surface area (Å²) < 4.78 is 19.6. The van der Waals surface area contributed by atoms with Crippen molar-refractivity contribution in [1.29, 1.82) is 0 Å². The van der Waals surface area contributed by atoms with E-state index in [1.807, 2.05) is 25.1 Å². The Hall–Kier alpha value is -3.81. The number of nitrogens with zero attached hydrogens (tertiary/aromatic N) is 3. The van der Waals surface area contributed by atoms with Gasteiger partial charge in [0.1, 0.15) is 25.1 Å². The Kier molecular flexibility index (Phi) is 7.64. The Morgan fingerprint density at radius 3 is 2.49 bits per heavy atom. The van der Waals surface area contributed by atoms with Crippen LogP contribution in [0.25, 0.3) is 0 Å². The molecule has 1 fully saturated rings. The van der Waals surface area contributed by atoms with Gasteiger partial charge in [-0.25, -0.2) is 9.48 Å². The van der Waals surface area contributed by atoms with Crippen molar-refractivity contribution in [2.45, 2.75) is 84.0 Å². The molecule has 206 valence electrons. The number of aromatic nitrogens is 3. The van der Waals surface area contributed by atoms with Crippen LogP contribution in [0.2, 0.25) is 0 Å². The molecule has 1 aromatic heterocycles. The second-order valence-electron chi connectivity index (χ2n) is 11.4. The fraction of sp³-hybridized carbons (Fsp3) is 0.452. The van der Waals surface area contributed by atoms with E-state index in [1.54, 1.807) is 11.8 Å². The molecule has 0 amide bonds. The number of hydrogen-bond acceptors (Lipinski definition) is 7. The first-order valence-electron chi connectivity index (χ1n) is 13.7. The summed E-state index contributed by atoms with van der Waals surface area (Å²) in [5, 5.41) is 7.65. The molecule has 2 aliphatic rings. The number of benzene rings is 2. The van der Waals surface area contributed by atoms with Gasteiger partial charge in [-0.05, 0) is 66.8 Å². The summed E-state index contributed by atoms with van der Waals surface area (Å²) in [4.78, 5) is 17.9. The third-order valence-corrected chi connectivity index (χ3v) is 7.56. The summed E-state index contributed by atoms with van der Waals surface area (Å²) in [5.74, 6) is 1.46. The average molecular weight is 531 g/mol. The molecule has 1 aliphatic heterocycles. The summed E-state index contributed by atoms with van der Waals surface area (Å²) in [7, 11) is 1.62. The van der Waals surface area contributed by atoms with Gasteiger partial charge in [0.2, 0.25) is 5.95 Å². The van der Waals surface area contributed by atoms with Crippen LogP contribution in [-0.2, 0) is 21.6 Å². The number of fused-ring (bicyclic) bond motifs is 1. The minimum absolute atomic E-state index is 0.0490. The first kappa shape index (κ1) is 26.8. The van der Waals surface area contributed by atoms with Gasteiger partial charge in [-0.1, -0.05) is 57.5 Å². The number of nitrogens with one attached hydrogen (secondary N) is 1. The molecule has 0 saturated heterocycles. The smallest absolute Gasteiger partial charge is 0.338 e. The van der Waals surface area contributed by atoms with Gasteiger partial charge in [0.25, 0.3) is 0 Å². The lowest BCUT2D eigenvalue weighted by molar-refractivity contribution is -0.146. The lowest BCUT2D eigenvalue weighted by atomic mass is 9.87. The molecule has 0 spiro atoms. The summed E-state index contributed by atoms with van der Waals surface area (Å²) in [6, 6.07) is 13.7. The molecule has 1 unspecified atom stereocenters. The number of ether oxygens (including phenoxy) is 3. The van der Waals surface area contributed by atoms with Crippen LogP contribution in [0.1, 0.15) is 82.5 Å². The Labute approximate surface area is 230 Å². The zero-order valence-corrected chi connectivity index (χ0v) is 23.5. The minimum Gasteiger partial charge on any atom is -0.493 e. The van der Waals surface area contributed by atoms with Crippen molar-refractivity contribution in [2.75, 3.05) is 12.4 Å². The van der Waals surface area contributed by atoms with Gasteiger partial charge in [0.05, 0.1) is 12.7 Å². The van der Waals surface area contributed by atoms with E-state index in [0.717, 1.165) is 36.8 Å². The number of allylic oxidation sites excluding steroid dienone is 1. The largest absolute Gasteiger partial charge is 0.493 e. The molecule has 0 radical (unpaired) electrons. The van der Waals surface area contributed by atoms with Gasteiger partial charge in [0.15, 0.2) is 11.5 Å². The fourth-order valence-corrected chi connectivity index (χ4v) is 5.30. The number of hydrogen-bond donors (Lipinski definition) is 1. The van der Waals surface area contributed by atoms with E-state index >= 15 is 0 Å². The van der Waals surface area contributed by atoms with E-state index in [0.29, 0.717) is 35.3 Å². The number of rotatable bonds is 7. The number of esters is 1. The van der Waals surface area contributed by atoms with E-state index in [2.05, 4.69) is 60.4 Å². The molecule has 8 nitrogen and oxygen atoms in total. The predicted octanol–water partition coefficient (Wildman–Crippen LogP) is 6.33. The van der Waals surface area contributed by atoms with Crippen molar-refractivity contribution in [1.82, 2.24) is 14.8 Å². The quantitative estimate of drug-likeness (QED) is 0.357. The second kappa shape index (κ2) is 11.1. The number of carbonyl (C=O) groups is 1. The summed E-state index contributed by atoms with van der Waals surface area (Å²) >= 11 is 0. The van der Waals surface area contributed by atoms with Gasteiger partial charge >= 0.3 is 5.97 Å². The van der Waals surface area contributed by atoms with Crippen LogP contribution in [0, 0.1) is 0 Å². The Morgan fingerprint density at radius 2 is 1.79 bits per heavy atom. The number of methoxy groups -OCH3 is 1. The van der Waals surface area contributed by atoms with Crippen molar-refractivity contribution in [3.63, 3.8) is 0 Å².